The fourth-order valence-electron chi connectivity index (χ4n) is 4.13. The zero-order chi connectivity index (χ0) is 14.7. The zero-order valence-corrected chi connectivity index (χ0v) is 13.0. The van der Waals surface area contributed by atoms with Gasteiger partial charge in [-0.1, -0.05) is 37.5 Å². The molecule has 3 rings (SSSR count). The Balaban J connectivity index is 1.61. The fraction of sp³-hybridized carbons (Fsp3) is 0.667. The van der Waals surface area contributed by atoms with E-state index in [2.05, 4.69) is 4.90 Å². The lowest BCUT2D eigenvalue weighted by Gasteiger charge is -2.42. The van der Waals surface area contributed by atoms with Gasteiger partial charge in [-0.2, -0.15) is 0 Å². The lowest BCUT2D eigenvalue weighted by Crippen LogP contribution is -2.43. The summed E-state index contributed by atoms with van der Waals surface area (Å²) < 4.78 is 5.36. The Hall–Kier alpha value is -1.06. The van der Waals surface area contributed by atoms with E-state index in [4.69, 9.17) is 4.74 Å². The molecule has 2 fully saturated rings. The largest absolute Gasteiger partial charge is 0.496 e. The molecule has 1 aliphatic carbocycles. The second kappa shape index (κ2) is 6.80. The second-order valence-corrected chi connectivity index (χ2v) is 6.61. The Labute approximate surface area is 127 Å². The molecule has 21 heavy (non-hydrogen) atoms. The third-order valence-corrected chi connectivity index (χ3v) is 5.30. The van der Waals surface area contributed by atoms with Crippen molar-refractivity contribution < 1.29 is 9.84 Å². The van der Waals surface area contributed by atoms with Crippen LogP contribution in [0.3, 0.4) is 0 Å². The van der Waals surface area contributed by atoms with Crippen LogP contribution in [0.1, 0.15) is 43.8 Å². The highest BCUT2D eigenvalue weighted by molar-refractivity contribution is 5.35. The van der Waals surface area contributed by atoms with E-state index in [-0.39, 0.29) is 0 Å². The summed E-state index contributed by atoms with van der Waals surface area (Å²) in [5.41, 5.74) is 0.908. The van der Waals surface area contributed by atoms with Crippen LogP contribution in [-0.2, 0) is 0 Å². The molecule has 1 aromatic rings. The molecule has 2 aliphatic rings. The second-order valence-electron chi connectivity index (χ2n) is 6.61. The summed E-state index contributed by atoms with van der Waals surface area (Å²) in [7, 11) is 1.67. The number of aliphatic hydroxyl groups excluding tert-OH is 1. The minimum Gasteiger partial charge on any atom is -0.496 e. The number of hydrogen-bond acceptors (Lipinski definition) is 3. The summed E-state index contributed by atoms with van der Waals surface area (Å²) in [6.45, 7) is 3.02. The van der Waals surface area contributed by atoms with E-state index in [9.17, 15) is 5.11 Å². The predicted octanol–water partition coefficient (Wildman–Crippen LogP) is 3.24. The maximum Gasteiger partial charge on any atom is 0.124 e. The third kappa shape index (κ3) is 3.41. The van der Waals surface area contributed by atoms with Gasteiger partial charge in [-0.3, -0.25) is 0 Å². The van der Waals surface area contributed by atoms with Gasteiger partial charge in [0.25, 0.3) is 0 Å². The van der Waals surface area contributed by atoms with Gasteiger partial charge in [-0.05, 0) is 37.3 Å². The molecule has 0 aromatic heterocycles. The number of piperidine rings is 1. The van der Waals surface area contributed by atoms with Gasteiger partial charge in [-0.15, -0.1) is 0 Å². The van der Waals surface area contributed by atoms with E-state index in [1.807, 2.05) is 24.3 Å². The molecular formula is C18H27NO2. The Bertz CT molecular complexity index is 462. The first-order chi connectivity index (χ1) is 10.3. The number of fused-ring (bicyclic) bond motifs is 1. The van der Waals surface area contributed by atoms with Gasteiger partial charge < -0.3 is 14.7 Å². The van der Waals surface area contributed by atoms with Gasteiger partial charge in [0.15, 0.2) is 0 Å². The molecule has 1 saturated carbocycles. The number of hydrogen-bond donors (Lipinski definition) is 1. The smallest absolute Gasteiger partial charge is 0.124 e. The molecule has 3 unspecified atom stereocenters. The molecule has 1 N–H and O–H groups in total. The van der Waals surface area contributed by atoms with E-state index in [0.29, 0.717) is 0 Å². The molecule has 1 aliphatic heterocycles. The average molecular weight is 289 g/mol. The first-order valence-corrected chi connectivity index (χ1v) is 8.31. The molecule has 116 valence electrons. The Morgan fingerprint density at radius 2 is 1.95 bits per heavy atom. The van der Waals surface area contributed by atoms with Gasteiger partial charge in [0.1, 0.15) is 5.75 Å². The maximum atomic E-state index is 10.6. The first-order valence-electron chi connectivity index (χ1n) is 8.31. The SMILES string of the molecule is COc1ccccc1C(O)CN1CCC2CCCCC2C1. The molecule has 3 nitrogen and oxygen atoms in total. The Morgan fingerprint density at radius 1 is 1.19 bits per heavy atom. The standard InChI is InChI=1S/C18H27NO2/c1-21-18-9-5-4-8-16(18)17(20)13-19-11-10-14-6-2-3-7-15(14)12-19/h4-5,8-9,14-15,17,20H,2-3,6-7,10-13H2,1H3. The van der Waals surface area contributed by atoms with E-state index >= 15 is 0 Å². The molecule has 1 aromatic carbocycles. The molecular weight excluding hydrogens is 262 g/mol. The highest BCUT2D eigenvalue weighted by Crippen LogP contribution is 2.36. The summed E-state index contributed by atoms with van der Waals surface area (Å²) in [6.07, 6.45) is 6.47. The van der Waals surface area contributed by atoms with Crippen LogP contribution >= 0.6 is 0 Å². The van der Waals surface area contributed by atoms with Crippen LogP contribution < -0.4 is 4.74 Å². The fourth-order valence-corrected chi connectivity index (χ4v) is 4.13. The number of nitrogens with zero attached hydrogens (tertiary/aromatic N) is 1. The highest BCUT2D eigenvalue weighted by atomic mass is 16.5. The third-order valence-electron chi connectivity index (χ3n) is 5.30. The van der Waals surface area contributed by atoms with Crippen LogP contribution in [0, 0.1) is 11.8 Å². The molecule has 0 amide bonds. The topological polar surface area (TPSA) is 32.7 Å². The number of likely N-dealkylation sites (tertiary alicyclic amines) is 1. The number of ether oxygens (including phenoxy) is 1. The molecule has 1 heterocycles. The van der Waals surface area contributed by atoms with Crippen LogP contribution in [0.15, 0.2) is 24.3 Å². The van der Waals surface area contributed by atoms with Crippen LogP contribution in [-0.4, -0.2) is 36.8 Å². The number of methoxy groups -OCH3 is 1. The molecule has 3 heteroatoms. The lowest BCUT2D eigenvalue weighted by molar-refractivity contribution is 0.0452. The molecule has 3 atom stereocenters. The normalized spacial score (nSPS) is 27.9. The summed E-state index contributed by atoms with van der Waals surface area (Å²) in [4.78, 5) is 2.45. The number of para-hydroxylation sites is 1. The van der Waals surface area contributed by atoms with Crippen molar-refractivity contribution in [2.45, 2.75) is 38.2 Å². The van der Waals surface area contributed by atoms with Crippen LogP contribution in [0.4, 0.5) is 0 Å². The zero-order valence-electron chi connectivity index (χ0n) is 13.0. The van der Waals surface area contributed by atoms with Crippen molar-refractivity contribution in [1.82, 2.24) is 4.90 Å². The van der Waals surface area contributed by atoms with Gasteiger partial charge in [0, 0.05) is 18.7 Å². The van der Waals surface area contributed by atoms with Gasteiger partial charge in [-0.25, -0.2) is 0 Å². The highest BCUT2D eigenvalue weighted by Gasteiger charge is 2.31. The first kappa shape index (κ1) is 14.9. The Kier molecular flexibility index (Phi) is 4.81. The summed E-state index contributed by atoms with van der Waals surface area (Å²) in [6, 6.07) is 7.81. The van der Waals surface area contributed by atoms with Crippen molar-refractivity contribution in [3.05, 3.63) is 29.8 Å². The molecule has 0 spiro atoms. The lowest BCUT2D eigenvalue weighted by atomic mass is 9.75. The van der Waals surface area contributed by atoms with Gasteiger partial charge in [0.2, 0.25) is 0 Å². The van der Waals surface area contributed by atoms with Crippen molar-refractivity contribution in [1.29, 1.82) is 0 Å². The minimum atomic E-state index is -0.457. The van der Waals surface area contributed by atoms with Crippen molar-refractivity contribution >= 4 is 0 Å². The van der Waals surface area contributed by atoms with Crippen molar-refractivity contribution in [3.8, 4) is 5.75 Å². The summed E-state index contributed by atoms with van der Waals surface area (Å²) in [5, 5.41) is 10.6. The van der Waals surface area contributed by atoms with Gasteiger partial charge in [0.05, 0.1) is 13.2 Å². The summed E-state index contributed by atoms with van der Waals surface area (Å²) >= 11 is 0. The van der Waals surface area contributed by atoms with Crippen LogP contribution in [0.2, 0.25) is 0 Å². The molecule has 0 bridgehead atoms. The van der Waals surface area contributed by atoms with Crippen LogP contribution in [0.5, 0.6) is 5.75 Å². The number of aliphatic hydroxyl groups is 1. The van der Waals surface area contributed by atoms with E-state index in [0.717, 1.165) is 42.8 Å². The van der Waals surface area contributed by atoms with E-state index in [1.165, 1.54) is 32.1 Å². The number of rotatable bonds is 4. The Morgan fingerprint density at radius 3 is 2.76 bits per heavy atom. The van der Waals surface area contributed by atoms with E-state index in [1.54, 1.807) is 7.11 Å². The average Bonchev–Trinajstić information content (AvgIpc) is 2.54. The predicted molar refractivity (Wildman–Crippen MR) is 84.5 cm³/mol. The monoisotopic (exact) mass is 289 g/mol. The van der Waals surface area contributed by atoms with Crippen molar-refractivity contribution in [2.24, 2.45) is 11.8 Å². The molecule has 0 radical (unpaired) electrons. The molecule has 1 saturated heterocycles. The quantitative estimate of drug-likeness (QED) is 0.923. The number of benzene rings is 1. The van der Waals surface area contributed by atoms with Crippen LogP contribution in [0.25, 0.3) is 0 Å². The summed E-state index contributed by atoms with van der Waals surface area (Å²) in [5.74, 6) is 2.59. The van der Waals surface area contributed by atoms with E-state index < -0.39 is 6.10 Å². The minimum absolute atomic E-state index is 0.457. The van der Waals surface area contributed by atoms with Crippen molar-refractivity contribution in [3.63, 3.8) is 0 Å². The van der Waals surface area contributed by atoms with Gasteiger partial charge >= 0.3 is 0 Å². The van der Waals surface area contributed by atoms with Crippen molar-refractivity contribution in [2.75, 3.05) is 26.7 Å². The number of β-amino-alcohol motifs (C(OH)–C–C–N with tert-alkyl or cyclic N) is 1. The maximum absolute atomic E-state index is 10.6.